The molecule has 2 rings (SSSR count). The molecule has 0 unspecified atom stereocenters. The van der Waals surface area contributed by atoms with E-state index in [9.17, 15) is 14.4 Å². The molecule has 1 aromatic rings. The van der Waals surface area contributed by atoms with Crippen molar-refractivity contribution < 1.29 is 19.1 Å². The number of amides is 2. The SMILES string of the molecule is CC(C)(C)OC(=O)N1CCC[C@@H]1C(=O)N[C@H](C=O)Cc1ccccc1. The van der Waals surface area contributed by atoms with Crippen molar-refractivity contribution in [2.24, 2.45) is 0 Å². The maximum Gasteiger partial charge on any atom is 0.410 e. The van der Waals surface area contributed by atoms with Crippen molar-refractivity contribution in [2.45, 2.75) is 57.7 Å². The van der Waals surface area contributed by atoms with E-state index in [2.05, 4.69) is 5.32 Å². The first kappa shape index (κ1) is 19.0. The molecule has 0 bridgehead atoms. The molecule has 0 aromatic heterocycles. The normalized spacial score (nSPS) is 18.5. The molecular weight excluding hydrogens is 320 g/mol. The Morgan fingerprint density at radius 1 is 1.32 bits per heavy atom. The van der Waals surface area contributed by atoms with Crippen LogP contribution in [0.4, 0.5) is 4.79 Å². The number of carbonyl (C=O) groups excluding carboxylic acids is 3. The number of hydrogen-bond acceptors (Lipinski definition) is 4. The van der Waals surface area contributed by atoms with E-state index in [1.165, 1.54) is 4.90 Å². The Bertz CT molecular complexity index is 610. The zero-order valence-corrected chi connectivity index (χ0v) is 15.0. The summed E-state index contributed by atoms with van der Waals surface area (Å²) in [7, 11) is 0. The van der Waals surface area contributed by atoms with Crippen LogP contribution in [0.3, 0.4) is 0 Å². The molecule has 0 saturated carbocycles. The molecule has 1 saturated heterocycles. The minimum Gasteiger partial charge on any atom is -0.444 e. The van der Waals surface area contributed by atoms with Crippen molar-refractivity contribution in [1.82, 2.24) is 10.2 Å². The van der Waals surface area contributed by atoms with Crippen LogP contribution >= 0.6 is 0 Å². The van der Waals surface area contributed by atoms with Gasteiger partial charge in [-0.05, 0) is 45.6 Å². The second-order valence-corrected chi connectivity index (χ2v) is 7.27. The van der Waals surface area contributed by atoms with Gasteiger partial charge in [-0.25, -0.2) is 4.79 Å². The maximum absolute atomic E-state index is 12.6. The van der Waals surface area contributed by atoms with Gasteiger partial charge in [0.2, 0.25) is 5.91 Å². The molecule has 2 amide bonds. The van der Waals surface area contributed by atoms with E-state index in [4.69, 9.17) is 4.74 Å². The summed E-state index contributed by atoms with van der Waals surface area (Å²) < 4.78 is 5.37. The van der Waals surface area contributed by atoms with Crippen LogP contribution < -0.4 is 5.32 Å². The van der Waals surface area contributed by atoms with Gasteiger partial charge in [0.1, 0.15) is 17.9 Å². The Labute approximate surface area is 148 Å². The van der Waals surface area contributed by atoms with E-state index in [1.807, 2.05) is 30.3 Å². The fraction of sp³-hybridized carbons (Fsp3) is 0.526. The molecule has 6 nitrogen and oxygen atoms in total. The van der Waals surface area contributed by atoms with E-state index >= 15 is 0 Å². The second-order valence-electron chi connectivity index (χ2n) is 7.27. The van der Waals surface area contributed by atoms with Crippen molar-refractivity contribution in [3.63, 3.8) is 0 Å². The molecule has 1 aromatic carbocycles. The van der Waals surface area contributed by atoms with E-state index in [0.717, 1.165) is 18.3 Å². The lowest BCUT2D eigenvalue weighted by molar-refractivity contribution is -0.127. The number of carbonyl (C=O) groups is 3. The van der Waals surface area contributed by atoms with Gasteiger partial charge in [-0.3, -0.25) is 9.69 Å². The standard InChI is InChI=1S/C19H26N2O4/c1-19(2,3)25-18(24)21-11-7-10-16(21)17(23)20-15(13-22)12-14-8-5-4-6-9-14/h4-6,8-9,13,15-16H,7,10-12H2,1-3H3,(H,20,23)/t15-,16+/m0/s1. The second kappa shape index (κ2) is 8.14. The maximum atomic E-state index is 12.6. The van der Waals surface area contributed by atoms with Gasteiger partial charge < -0.3 is 14.8 Å². The molecule has 1 aliphatic rings. The molecule has 0 spiro atoms. The lowest BCUT2D eigenvalue weighted by atomic mass is 10.1. The highest BCUT2D eigenvalue weighted by Gasteiger charge is 2.37. The predicted molar refractivity (Wildman–Crippen MR) is 94.1 cm³/mol. The topological polar surface area (TPSA) is 75.7 Å². The van der Waals surface area contributed by atoms with Crippen molar-refractivity contribution in [3.8, 4) is 0 Å². The average Bonchev–Trinajstić information content (AvgIpc) is 3.03. The van der Waals surface area contributed by atoms with Crippen LogP contribution in [0, 0.1) is 0 Å². The van der Waals surface area contributed by atoms with Gasteiger partial charge in [0.05, 0.1) is 6.04 Å². The van der Waals surface area contributed by atoms with Gasteiger partial charge in [-0.15, -0.1) is 0 Å². The number of ether oxygens (including phenoxy) is 1. The summed E-state index contributed by atoms with van der Waals surface area (Å²) in [4.78, 5) is 37.6. The van der Waals surface area contributed by atoms with E-state index < -0.39 is 23.8 Å². The van der Waals surface area contributed by atoms with Crippen LogP contribution in [0.15, 0.2) is 30.3 Å². The molecule has 1 aliphatic heterocycles. The molecule has 2 atom stereocenters. The van der Waals surface area contributed by atoms with Crippen molar-refractivity contribution in [2.75, 3.05) is 6.54 Å². The largest absolute Gasteiger partial charge is 0.444 e. The van der Waals surface area contributed by atoms with E-state index in [-0.39, 0.29) is 5.91 Å². The quantitative estimate of drug-likeness (QED) is 0.830. The molecule has 1 N–H and O–H groups in total. The molecule has 136 valence electrons. The number of hydrogen-bond donors (Lipinski definition) is 1. The average molecular weight is 346 g/mol. The molecule has 0 aliphatic carbocycles. The van der Waals surface area contributed by atoms with Crippen molar-refractivity contribution >= 4 is 18.3 Å². The third kappa shape index (κ3) is 5.59. The number of nitrogens with one attached hydrogen (secondary N) is 1. The van der Waals surface area contributed by atoms with Crippen molar-refractivity contribution in [3.05, 3.63) is 35.9 Å². The lowest BCUT2D eigenvalue weighted by Gasteiger charge is -2.28. The summed E-state index contributed by atoms with van der Waals surface area (Å²) in [5, 5.41) is 2.75. The van der Waals surface area contributed by atoms with Crippen LogP contribution in [0.5, 0.6) is 0 Å². The summed E-state index contributed by atoms with van der Waals surface area (Å²) in [6.07, 6.45) is 1.98. The van der Waals surface area contributed by atoms with Crippen LogP contribution in [0.2, 0.25) is 0 Å². The van der Waals surface area contributed by atoms with Crippen LogP contribution in [0.25, 0.3) is 0 Å². The van der Waals surface area contributed by atoms with Crippen LogP contribution in [0.1, 0.15) is 39.2 Å². The number of nitrogens with zero attached hydrogens (tertiary/aromatic N) is 1. The number of likely N-dealkylation sites (tertiary alicyclic amines) is 1. The van der Waals surface area contributed by atoms with E-state index in [1.54, 1.807) is 20.8 Å². The minimum atomic E-state index is -0.615. The molecule has 0 radical (unpaired) electrons. The fourth-order valence-corrected chi connectivity index (χ4v) is 2.86. The molecular formula is C19H26N2O4. The first-order chi connectivity index (χ1) is 11.8. The monoisotopic (exact) mass is 346 g/mol. The molecule has 6 heteroatoms. The summed E-state index contributed by atoms with van der Waals surface area (Å²) in [6.45, 7) is 5.85. The molecule has 25 heavy (non-hydrogen) atoms. The predicted octanol–water partition coefficient (Wildman–Crippen LogP) is 2.31. The third-order valence-corrected chi connectivity index (χ3v) is 3.97. The Morgan fingerprint density at radius 2 is 2.00 bits per heavy atom. The van der Waals surface area contributed by atoms with Gasteiger partial charge in [-0.1, -0.05) is 30.3 Å². The lowest BCUT2D eigenvalue weighted by Crippen LogP contribution is -2.50. The highest BCUT2D eigenvalue weighted by Crippen LogP contribution is 2.21. The third-order valence-electron chi connectivity index (χ3n) is 3.97. The summed E-state index contributed by atoms with van der Waals surface area (Å²) in [5.74, 6) is -0.309. The zero-order valence-electron chi connectivity index (χ0n) is 15.0. The first-order valence-electron chi connectivity index (χ1n) is 8.59. The number of rotatable bonds is 5. The fourth-order valence-electron chi connectivity index (χ4n) is 2.86. The van der Waals surface area contributed by atoms with Gasteiger partial charge in [-0.2, -0.15) is 0 Å². The number of benzene rings is 1. The molecule has 1 fully saturated rings. The van der Waals surface area contributed by atoms with Gasteiger partial charge >= 0.3 is 6.09 Å². The van der Waals surface area contributed by atoms with Gasteiger partial charge in [0.25, 0.3) is 0 Å². The van der Waals surface area contributed by atoms with Gasteiger partial charge in [0, 0.05) is 6.54 Å². The summed E-state index contributed by atoms with van der Waals surface area (Å²) >= 11 is 0. The molecule has 1 heterocycles. The van der Waals surface area contributed by atoms with Gasteiger partial charge in [0.15, 0.2) is 0 Å². The van der Waals surface area contributed by atoms with E-state index in [0.29, 0.717) is 19.4 Å². The first-order valence-corrected chi connectivity index (χ1v) is 8.59. The Morgan fingerprint density at radius 3 is 2.60 bits per heavy atom. The summed E-state index contributed by atoms with van der Waals surface area (Å²) in [6, 6.07) is 8.29. The zero-order chi connectivity index (χ0) is 18.4. The van der Waals surface area contributed by atoms with Crippen molar-refractivity contribution in [1.29, 1.82) is 0 Å². The highest BCUT2D eigenvalue weighted by molar-refractivity contribution is 5.88. The number of aldehydes is 1. The minimum absolute atomic E-state index is 0.309. The summed E-state index contributed by atoms with van der Waals surface area (Å²) in [5.41, 5.74) is 0.356. The van der Waals surface area contributed by atoms with Crippen LogP contribution in [-0.2, 0) is 20.7 Å². The van der Waals surface area contributed by atoms with Crippen LogP contribution in [-0.4, -0.2) is 47.4 Å². The Hall–Kier alpha value is -2.37. The Balaban J connectivity index is 1.98. The highest BCUT2D eigenvalue weighted by atomic mass is 16.6. The smallest absolute Gasteiger partial charge is 0.410 e. The Kier molecular flexibility index (Phi) is 6.17.